The van der Waals surface area contributed by atoms with Crippen molar-refractivity contribution in [2.45, 2.75) is 12.8 Å². The van der Waals surface area contributed by atoms with Crippen molar-refractivity contribution in [2.24, 2.45) is 0 Å². The minimum atomic E-state index is -1.01. The standard InChI is InChI=1S/C18H17N5O3/c1-12-4-2-5-13(8-12)14(18(25)26)9-20-17(24)15-10-19-11-16(22-15)23-7-3-6-21-23/h2-8,10-11,14H,9H2,1H3,(H,20,24)(H,25,26). The number of aliphatic carboxylic acids is 1. The Hall–Kier alpha value is -3.55. The second-order valence-corrected chi connectivity index (χ2v) is 5.73. The van der Waals surface area contributed by atoms with Crippen LogP contribution in [0.1, 0.15) is 27.5 Å². The molecule has 2 N–H and O–H groups in total. The summed E-state index contributed by atoms with van der Waals surface area (Å²) in [6.07, 6.45) is 6.08. The number of benzene rings is 1. The van der Waals surface area contributed by atoms with Crippen LogP contribution in [-0.4, -0.2) is 43.3 Å². The number of aromatic nitrogens is 4. The molecule has 0 spiro atoms. The molecule has 2 heterocycles. The fourth-order valence-electron chi connectivity index (χ4n) is 2.50. The van der Waals surface area contributed by atoms with Gasteiger partial charge in [0, 0.05) is 18.9 Å². The van der Waals surface area contributed by atoms with Gasteiger partial charge in [-0.2, -0.15) is 5.10 Å². The molecule has 8 nitrogen and oxygen atoms in total. The summed E-state index contributed by atoms with van der Waals surface area (Å²) in [6.45, 7) is 1.84. The molecule has 3 aromatic rings. The first-order chi connectivity index (χ1) is 12.5. The van der Waals surface area contributed by atoms with Crippen molar-refractivity contribution in [1.82, 2.24) is 25.1 Å². The molecule has 0 aliphatic heterocycles. The zero-order chi connectivity index (χ0) is 18.5. The zero-order valence-electron chi connectivity index (χ0n) is 14.0. The highest BCUT2D eigenvalue weighted by Gasteiger charge is 2.21. The molecule has 0 radical (unpaired) electrons. The van der Waals surface area contributed by atoms with Crippen LogP contribution < -0.4 is 5.32 Å². The molecule has 0 saturated heterocycles. The molecule has 2 aromatic heterocycles. The summed E-state index contributed by atoms with van der Waals surface area (Å²) in [5.41, 5.74) is 1.68. The van der Waals surface area contributed by atoms with Crippen molar-refractivity contribution < 1.29 is 14.7 Å². The fraction of sp³-hybridized carbons (Fsp3) is 0.167. The Morgan fingerprint density at radius 1 is 1.27 bits per heavy atom. The minimum absolute atomic E-state index is 0.0503. The van der Waals surface area contributed by atoms with E-state index < -0.39 is 17.8 Å². The molecule has 0 bridgehead atoms. The van der Waals surface area contributed by atoms with Crippen LogP contribution in [0, 0.1) is 6.92 Å². The van der Waals surface area contributed by atoms with E-state index >= 15 is 0 Å². The van der Waals surface area contributed by atoms with Gasteiger partial charge in [0.05, 0.1) is 18.3 Å². The third kappa shape index (κ3) is 3.92. The van der Waals surface area contributed by atoms with Gasteiger partial charge < -0.3 is 10.4 Å². The summed E-state index contributed by atoms with van der Waals surface area (Å²) in [5.74, 6) is -1.95. The van der Waals surface area contributed by atoms with E-state index in [2.05, 4.69) is 20.4 Å². The average molecular weight is 351 g/mol. The molecule has 3 rings (SSSR count). The lowest BCUT2D eigenvalue weighted by atomic mass is 9.97. The van der Waals surface area contributed by atoms with Crippen LogP contribution in [0.2, 0.25) is 0 Å². The molecular weight excluding hydrogens is 334 g/mol. The van der Waals surface area contributed by atoms with E-state index in [-0.39, 0.29) is 12.2 Å². The van der Waals surface area contributed by atoms with Gasteiger partial charge in [-0.1, -0.05) is 29.8 Å². The monoisotopic (exact) mass is 351 g/mol. The first-order valence-electron chi connectivity index (χ1n) is 7.94. The van der Waals surface area contributed by atoms with Gasteiger partial charge >= 0.3 is 5.97 Å². The van der Waals surface area contributed by atoms with Gasteiger partial charge in [0.1, 0.15) is 5.69 Å². The molecule has 0 fully saturated rings. The van der Waals surface area contributed by atoms with Gasteiger partial charge in [0.2, 0.25) is 0 Å². The highest BCUT2D eigenvalue weighted by molar-refractivity contribution is 5.92. The van der Waals surface area contributed by atoms with Gasteiger partial charge in [-0.15, -0.1) is 0 Å². The van der Waals surface area contributed by atoms with Crippen molar-refractivity contribution in [3.05, 3.63) is 71.9 Å². The number of aryl methyl sites for hydroxylation is 1. The van der Waals surface area contributed by atoms with E-state index in [9.17, 15) is 14.7 Å². The summed E-state index contributed by atoms with van der Waals surface area (Å²) >= 11 is 0. The Labute approximate surface area is 149 Å². The van der Waals surface area contributed by atoms with Gasteiger partial charge in [0.25, 0.3) is 5.91 Å². The molecule has 1 unspecified atom stereocenters. The first kappa shape index (κ1) is 17.3. The fourth-order valence-corrected chi connectivity index (χ4v) is 2.50. The van der Waals surface area contributed by atoms with E-state index in [0.29, 0.717) is 11.4 Å². The van der Waals surface area contributed by atoms with Crippen LogP contribution in [0.3, 0.4) is 0 Å². The Balaban J connectivity index is 1.73. The molecular formula is C18H17N5O3. The quantitative estimate of drug-likeness (QED) is 0.697. The molecule has 0 aliphatic rings. The maximum atomic E-state index is 12.4. The van der Waals surface area contributed by atoms with E-state index in [1.54, 1.807) is 36.7 Å². The van der Waals surface area contributed by atoms with Gasteiger partial charge in [-0.05, 0) is 18.6 Å². The van der Waals surface area contributed by atoms with Crippen molar-refractivity contribution in [1.29, 1.82) is 0 Å². The SMILES string of the molecule is Cc1cccc(C(CNC(=O)c2cncc(-n3cccn3)n2)C(=O)O)c1. The Bertz CT molecular complexity index is 924. The molecule has 26 heavy (non-hydrogen) atoms. The summed E-state index contributed by atoms with van der Waals surface area (Å²) in [7, 11) is 0. The minimum Gasteiger partial charge on any atom is -0.481 e. The van der Waals surface area contributed by atoms with Crippen LogP contribution in [0.4, 0.5) is 0 Å². The number of hydrogen-bond donors (Lipinski definition) is 2. The van der Waals surface area contributed by atoms with Crippen molar-refractivity contribution >= 4 is 11.9 Å². The highest BCUT2D eigenvalue weighted by Crippen LogP contribution is 2.17. The second-order valence-electron chi connectivity index (χ2n) is 5.73. The van der Waals surface area contributed by atoms with Gasteiger partial charge in [-0.3, -0.25) is 14.6 Å². The Morgan fingerprint density at radius 2 is 2.12 bits per heavy atom. The lowest BCUT2D eigenvalue weighted by Crippen LogP contribution is -2.32. The number of amides is 1. The second kappa shape index (κ2) is 7.56. The average Bonchev–Trinajstić information content (AvgIpc) is 3.16. The van der Waals surface area contributed by atoms with E-state index in [1.165, 1.54) is 17.1 Å². The van der Waals surface area contributed by atoms with E-state index in [4.69, 9.17) is 0 Å². The van der Waals surface area contributed by atoms with Gasteiger partial charge in [-0.25, -0.2) is 9.67 Å². The van der Waals surface area contributed by atoms with Crippen molar-refractivity contribution in [2.75, 3.05) is 6.54 Å². The number of rotatable bonds is 6. The Kier molecular flexibility index (Phi) is 5.02. The number of carboxylic acids is 1. The number of carboxylic acid groups (broad SMARTS) is 1. The molecule has 1 aromatic carbocycles. The number of hydrogen-bond acceptors (Lipinski definition) is 5. The number of nitrogens with zero attached hydrogens (tertiary/aromatic N) is 4. The van der Waals surface area contributed by atoms with Crippen LogP contribution in [0.25, 0.3) is 5.82 Å². The molecule has 0 aliphatic carbocycles. The third-order valence-corrected chi connectivity index (χ3v) is 3.80. The van der Waals surface area contributed by atoms with E-state index in [1.807, 2.05) is 13.0 Å². The lowest BCUT2D eigenvalue weighted by molar-refractivity contribution is -0.138. The topological polar surface area (TPSA) is 110 Å². The van der Waals surface area contributed by atoms with Crippen LogP contribution in [-0.2, 0) is 4.79 Å². The summed E-state index contributed by atoms with van der Waals surface area (Å²) < 4.78 is 1.48. The van der Waals surface area contributed by atoms with Gasteiger partial charge in [0.15, 0.2) is 5.82 Å². The Morgan fingerprint density at radius 3 is 2.81 bits per heavy atom. The zero-order valence-corrected chi connectivity index (χ0v) is 14.0. The predicted molar refractivity (Wildman–Crippen MR) is 93.0 cm³/mol. The number of nitrogens with one attached hydrogen (secondary N) is 1. The van der Waals surface area contributed by atoms with Crippen LogP contribution in [0.15, 0.2) is 55.1 Å². The first-order valence-corrected chi connectivity index (χ1v) is 7.94. The van der Waals surface area contributed by atoms with E-state index in [0.717, 1.165) is 5.56 Å². The third-order valence-electron chi connectivity index (χ3n) is 3.80. The lowest BCUT2D eigenvalue weighted by Gasteiger charge is -2.14. The molecule has 132 valence electrons. The number of carbonyl (C=O) groups is 2. The summed E-state index contributed by atoms with van der Waals surface area (Å²) in [5, 5.41) is 16.1. The van der Waals surface area contributed by atoms with Crippen molar-refractivity contribution in [3.63, 3.8) is 0 Å². The predicted octanol–water partition coefficient (Wildman–Crippen LogP) is 1.57. The molecule has 1 amide bonds. The maximum Gasteiger partial charge on any atom is 0.312 e. The van der Waals surface area contributed by atoms with Crippen molar-refractivity contribution in [3.8, 4) is 5.82 Å². The summed E-state index contributed by atoms with van der Waals surface area (Å²) in [6, 6.07) is 8.94. The molecule has 8 heteroatoms. The smallest absolute Gasteiger partial charge is 0.312 e. The molecule has 1 atom stereocenters. The highest BCUT2D eigenvalue weighted by atomic mass is 16.4. The van der Waals surface area contributed by atoms with Crippen LogP contribution in [0.5, 0.6) is 0 Å². The number of carbonyl (C=O) groups excluding carboxylic acids is 1. The normalized spacial score (nSPS) is 11.7. The summed E-state index contributed by atoms with van der Waals surface area (Å²) in [4.78, 5) is 32.1. The maximum absolute atomic E-state index is 12.4. The largest absolute Gasteiger partial charge is 0.481 e. The van der Waals surface area contributed by atoms with Crippen LogP contribution >= 0.6 is 0 Å². The molecule has 0 saturated carbocycles.